The average molecular weight is 703 g/mol. The van der Waals surface area contributed by atoms with Gasteiger partial charge in [0, 0.05) is 26.4 Å². The third-order valence-electron chi connectivity index (χ3n) is 6.07. The van der Waals surface area contributed by atoms with Crippen LogP contribution in [0.15, 0.2) is 51.6 Å². The van der Waals surface area contributed by atoms with Gasteiger partial charge in [0.2, 0.25) is 0 Å². The lowest BCUT2D eigenvalue weighted by molar-refractivity contribution is -0.178. The van der Waals surface area contributed by atoms with Gasteiger partial charge in [0.15, 0.2) is 17.9 Å². The third kappa shape index (κ3) is 10.9. The van der Waals surface area contributed by atoms with Crippen LogP contribution in [-0.2, 0) is 4.74 Å². The van der Waals surface area contributed by atoms with Crippen molar-refractivity contribution in [3.05, 3.63) is 86.9 Å². The van der Waals surface area contributed by atoms with Crippen molar-refractivity contribution in [2.24, 2.45) is 0 Å². The molecule has 256 valence electrons. The number of benzene rings is 2. The van der Waals surface area contributed by atoms with Crippen LogP contribution in [-0.4, -0.2) is 79.3 Å². The first-order valence-electron chi connectivity index (χ1n) is 14.4. The predicted molar refractivity (Wildman–Crippen MR) is 183 cm³/mol. The lowest BCUT2D eigenvalue weighted by atomic mass is 10.1. The Bertz CT molecular complexity index is 1730. The summed E-state index contributed by atoms with van der Waals surface area (Å²) < 4.78 is 43.2. The van der Waals surface area contributed by atoms with Gasteiger partial charge in [0.25, 0.3) is 0 Å². The van der Waals surface area contributed by atoms with Crippen molar-refractivity contribution in [1.29, 1.82) is 10.5 Å². The number of rotatable bonds is 7. The molecule has 14 heteroatoms. The predicted octanol–water partition coefficient (Wildman–Crippen LogP) is 8.06. The number of aryl methyl sites for hydroxylation is 1. The van der Waals surface area contributed by atoms with Crippen molar-refractivity contribution in [1.82, 2.24) is 25.0 Å². The van der Waals surface area contributed by atoms with Crippen LogP contribution < -0.4 is 0 Å². The summed E-state index contributed by atoms with van der Waals surface area (Å²) >= 11 is 11.8. The number of ether oxygens (including phenoxy) is 1. The van der Waals surface area contributed by atoms with E-state index in [-0.39, 0.29) is 61.4 Å². The van der Waals surface area contributed by atoms with E-state index >= 15 is 0 Å². The Morgan fingerprint density at radius 2 is 1.27 bits per heavy atom. The molecule has 0 aliphatic carbocycles. The summed E-state index contributed by atoms with van der Waals surface area (Å²) in [5, 5.41) is 25.9. The molecule has 2 aromatic heterocycles. The molecule has 4 rings (SSSR count). The summed E-state index contributed by atoms with van der Waals surface area (Å²) in [7, 11) is 11.7. The molecule has 0 aliphatic heterocycles. The van der Waals surface area contributed by atoms with Crippen LogP contribution in [0, 0.1) is 41.2 Å². The number of nitrogens with zero attached hydrogens (tertiary/aromatic N) is 7. The van der Waals surface area contributed by atoms with Crippen LogP contribution in [0.25, 0.3) is 28.6 Å². The molecule has 0 aliphatic rings. The van der Waals surface area contributed by atoms with E-state index in [4.69, 9.17) is 42.2 Å². The quantitative estimate of drug-likeness (QED) is 0.175. The number of aromatic nitrogens is 2. The molecule has 0 saturated heterocycles. The lowest BCUT2D eigenvalue weighted by Crippen LogP contribution is -2.46. The maximum Gasteiger partial charge on any atom is 0.179 e. The van der Waals surface area contributed by atoms with E-state index in [9.17, 15) is 14.0 Å². The maximum absolute atomic E-state index is 13.9. The van der Waals surface area contributed by atoms with Crippen LogP contribution in [0.5, 0.6) is 0 Å². The van der Waals surface area contributed by atoms with Gasteiger partial charge in [-0.15, -0.1) is 0 Å². The standard InChI is InChI=1S/C14H11ClFN3O.C11H6ClFN2O.C9H22N2O/c1-19(2)7-6-12-9(8-17)14(18-20-12)13-10(15)4-3-5-11(13)16;1-6-7(5-14)11(15-16-6)10-8(12)3-2-4-9(10)13;1-9(2,3)12-8(10(4)5)11(6)7/h3-7H,1-2H3;2-4H,1H3;8H,1-7H3/b7-6+;;. The van der Waals surface area contributed by atoms with E-state index in [1.165, 1.54) is 36.4 Å². The minimum Gasteiger partial charge on any atom is -0.383 e. The van der Waals surface area contributed by atoms with Gasteiger partial charge in [-0.1, -0.05) is 45.6 Å². The summed E-state index contributed by atoms with van der Waals surface area (Å²) in [5.41, 5.74) is 0.662. The van der Waals surface area contributed by atoms with Crippen molar-refractivity contribution in [2.45, 2.75) is 39.6 Å². The number of halogens is 4. The molecule has 0 fully saturated rings. The first kappa shape index (κ1) is 39.9. The van der Waals surface area contributed by atoms with Gasteiger partial charge in [0.1, 0.15) is 46.3 Å². The van der Waals surface area contributed by atoms with E-state index in [0.717, 1.165) is 0 Å². The average Bonchev–Trinajstić information content (AvgIpc) is 3.57. The molecule has 0 spiro atoms. The molecule has 48 heavy (non-hydrogen) atoms. The molecular formula is C34H39Cl2F2N7O3. The second kappa shape index (κ2) is 17.7. The fourth-order valence-electron chi connectivity index (χ4n) is 4.02. The topological polar surface area (TPSA) is 119 Å². The van der Waals surface area contributed by atoms with Crippen LogP contribution in [0.4, 0.5) is 8.78 Å². The van der Waals surface area contributed by atoms with Gasteiger partial charge in [0.05, 0.1) is 26.8 Å². The van der Waals surface area contributed by atoms with E-state index in [0.29, 0.717) is 5.76 Å². The Morgan fingerprint density at radius 1 is 0.812 bits per heavy atom. The molecule has 0 N–H and O–H groups in total. The van der Waals surface area contributed by atoms with Gasteiger partial charge in [-0.3, -0.25) is 9.80 Å². The van der Waals surface area contributed by atoms with Crippen molar-refractivity contribution in [2.75, 3.05) is 42.3 Å². The van der Waals surface area contributed by atoms with E-state index in [2.05, 4.69) is 31.1 Å². The normalized spacial score (nSPS) is 11.2. The highest BCUT2D eigenvalue weighted by Gasteiger charge is 2.23. The van der Waals surface area contributed by atoms with E-state index in [1.807, 2.05) is 64.2 Å². The summed E-state index contributed by atoms with van der Waals surface area (Å²) in [6, 6.07) is 12.4. The Kier molecular flexibility index (Phi) is 14.7. The molecule has 4 aromatic rings. The van der Waals surface area contributed by atoms with Crippen LogP contribution in [0.1, 0.15) is 43.4 Å². The molecule has 0 radical (unpaired) electrons. The Labute approximate surface area is 290 Å². The highest BCUT2D eigenvalue weighted by Crippen LogP contribution is 2.34. The monoisotopic (exact) mass is 701 g/mol. The largest absolute Gasteiger partial charge is 0.383 e. The first-order chi connectivity index (χ1) is 22.4. The molecule has 0 bridgehead atoms. The fraction of sp³-hybridized carbons (Fsp3) is 0.353. The second-order valence-corrected chi connectivity index (χ2v) is 12.7. The van der Waals surface area contributed by atoms with Crippen molar-refractivity contribution in [3.63, 3.8) is 0 Å². The van der Waals surface area contributed by atoms with Gasteiger partial charge in [-0.25, -0.2) is 8.78 Å². The highest BCUT2D eigenvalue weighted by molar-refractivity contribution is 6.33. The third-order valence-corrected chi connectivity index (χ3v) is 6.70. The summed E-state index contributed by atoms with van der Waals surface area (Å²) in [6.07, 6.45) is 3.34. The maximum atomic E-state index is 13.9. The highest BCUT2D eigenvalue weighted by atomic mass is 35.5. The van der Waals surface area contributed by atoms with Gasteiger partial charge in [-0.05, 0) is 80.2 Å². The van der Waals surface area contributed by atoms with Gasteiger partial charge >= 0.3 is 0 Å². The zero-order chi connectivity index (χ0) is 36.3. The SMILES string of the molecule is CN(C)/C=C/c1onc(-c2c(F)cccc2Cl)c1C#N.CN(C)C(OC(C)(C)C)N(C)C.Cc1onc(-c2c(F)cccc2Cl)c1C#N. The number of hydrogen-bond donors (Lipinski definition) is 0. The lowest BCUT2D eigenvalue weighted by Gasteiger charge is -2.35. The first-order valence-corrected chi connectivity index (χ1v) is 15.2. The number of hydrogen-bond acceptors (Lipinski definition) is 10. The molecule has 2 heterocycles. The minimum absolute atomic E-state index is 0.0463. The Hall–Kier alpha value is -4.30. The smallest absolute Gasteiger partial charge is 0.179 e. The zero-order valence-electron chi connectivity index (χ0n) is 28.6. The van der Waals surface area contributed by atoms with Crippen molar-refractivity contribution in [3.8, 4) is 34.7 Å². The van der Waals surface area contributed by atoms with Crippen molar-refractivity contribution < 1.29 is 22.6 Å². The molecule has 2 aromatic carbocycles. The van der Waals surface area contributed by atoms with E-state index < -0.39 is 11.6 Å². The molecular weight excluding hydrogens is 663 g/mol. The van der Waals surface area contributed by atoms with E-state index in [1.54, 1.807) is 24.1 Å². The molecule has 0 unspecified atom stereocenters. The zero-order valence-corrected chi connectivity index (χ0v) is 30.1. The second-order valence-electron chi connectivity index (χ2n) is 11.9. The van der Waals surface area contributed by atoms with Gasteiger partial charge < -0.3 is 18.7 Å². The minimum atomic E-state index is -0.551. The van der Waals surface area contributed by atoms with Crippen LogP contribution in [0.3, 0.4) is 0 Å². The number of nitriles is 2. The molecule has 0 saturated carbocycles. The summed E-state index contributed by atoms with van der Waals surface area (Å²) in [4.78, 5) is 5.87. The molecule has 0 atom stereocenters. The van der Waals surface area contributed by atoms with Crippen molar-refractivity contribution >= 4 is 29.3 Å². The fourth-order valence-corrected chi connectivity index (χ4v) is 4.53. The molecule has 10 nitrogen and oxygen atoms in total. The Balaban J connectivity index is 0.000000259. The summed E-state index contributed by atoms with van der Waals surface area (Å²) in [6.45, 7) is 7.77. The Morgan fingerprint density at radius 3 is 1.65 bits per heavy atom. The summed E-state index contributed by atoms with van der Waals surface area (Å²) in [5.74, 6) is -0.477. The van der Waals surface area contributed by atoms with Gasteiger partial charge in [-0.2, -0.15) is 10.5 Å². The van der Waals surface area contributed by atoms with Crippen LogP contribution in [0.2, 0.25) is 10.0 Å². The molecule has 0 amide bonds. The van der Waals surface area contributed by atoms with Crippen LogP contribution >= 0.6 is 23.2 Å².